The van der Waals surface area contributed by atoms with Crippen LogP contribution in [0.15, 0.2) is 71.3 Å². The minimum absolute atomic E-state index is 0.314. The van der Waals surface area contributed by atoms with Crippen molar-refractivity contribution in [1.29, 1.82) is 0 Å². The maximum atomic E-state index is 11.3. The Morgan fingerprint density at radius 2 is 1.94 bits per heavy atom. The van der Waals surface area contributed by atoms with Crippen molar-refractivity contribution in [3.63, 3.8) is 0 Å². The van der Waals surface area contributed by atoms with E-state index in [4.69, 9.17) is 4.74 Å². The number of nitrogens with zero attached hydrogens (tertiary/aromatic N) is 6. The molecule has 0 aliphatic heterocycles. The van der Waals surface area contributed by atoms with Crippen molar-refractivity contribution in [3.8, 4) is 11.4 Å². The lowest BCUT2D eigenvalue weighted by Gasteiger charge is -2.05. The summed E-state index contributed by atoms with van der Waals surface area (Å²) in [6.07, 6.45) is 4.17. The zero-order valence-corrected chi connectivity index (χ0v) is 17.6. The van der Waals surface area contributed by atoms with Gasteiger partial charge in [0.1, 0.15) is 12.1 Å². The fourth-order valence-electron chi connectivity index (χ4n) is 2.92. The van der Waals surface area contributed by atoms with Crippen molar-refractivity contribution in [2.45, 2.75) is 6.54 Å². The number of methoxy groups -OCH3 is 1. The molecule has 0 spiro atoms. The largest absolute Gasteiger partial charge is 0.497 e. The van der Waals surface area contributed by atoms with Crippen LogP contribution in [0.1, 0.15) is 5.56 Å². The van der Waals surface area contributed by atoms with E-state index in [1.54, 1.807) is 42.3 Å². The van der Waals surface area contributed by atoms with E-state index in [0.717, 1.165) is 17.5 Å². The molecule has 1 N–H and O–H groups in total. The number of sulfonamides is 1. The second kappa shape index (κ2) is 8.48. The third-order valence-electron chi connectivity index (χ3n) is 4.32. The van der Waals surface area contributed by atoms with Gasteiger partial charge in [0.2, 0.25) is 10.0 Å². The van der Waals surface area contributed by atoms with Crippen LogP contribution in [0.25, 0.3) is 16.7 Å². The molecule has 0 aliphatic carbocycles. The van der Waals surface area contributed by atoms with Crippen LogP contribution < -0.4 is 9.46 Å². The highest BCUT2D eigenvalue weighted by Gasteiger charge is 2.11. The fraction of sp³-hybridized carbons (Fsp3) is 0.150. The van der Waals surface area contributed by atoms with Crippen LogP contribution in [-0.4, -0.2) is 41.5 Å². The molecule has 158 valence electrons. The van der Waals surface area contributed by atoms with E-state index < -0.39 is 10.0 Å². The molecule has 0 saturated carbocycles. The van der Waals surface area contributed by atoms with Gasteiger partial charge in [-0.05, 0) is 29.8 Å². The summed E-state index contributed by atoms with van der Waals surface area (Å²) in [5, 5.41) is 13.5. The molecule has 0 radical (unpaired) electrons. The van der Waals surface area contributed by atoms with Gasteiger partial charge in [-0.3, -0.25) is 4.72 Å². The van der Waals surface area contributed by atoms with Gasteiger partial charge in [-0.2, -0.15) is 10.2 Å². The number of aromatic nitrogens is 4. The van der Waals surface area contributed by atoms with Gasteiger partial charge in [0.15, 0.2) is 11.5 Å². The number of nitrogens with one attached hydrogen (secondary N) is 1. The van der Waals surface area contributed by atoms with Gasteiger partial charge >= 0.3 is 0 Å². The summed E-state index contributed by atoms with van der Waals surface area (Å²) in [5.41, 5.74) is 2.78. The molecule has 31 heavy (non-hydrogen) atoms. The summed E-state index contributed by atoms with van der Waals surface area (Å²) in [7, 11) is -1.70. The lowest BCUT2D eigenvalue weighted by molar-refractivity contribution is 0.414. The van der Waals surface area contributed by atoms with Gasteiger partial charge in [-0.15, -0.1) is 5.11 Å². The van der Waals surface area contributed by atoms with Gasteiger partial charge in [-0.25, -0.2) is 23.1 Å². The number of hydrogen-bond donors (Lipinski definition) is 1. The second-order valence-electron chi connectivity index (χ2n) is 6.66. The standard InChI is InChI=1S/C20H19N7O3S/c1-30-17-5-3-4-16(10-17)27-20-18(12-24-27)19(21-13-22-20)25-23-11-14-6-8-15(9-7-14)26-31(2,28)29/h3-10,12-13,26H,11H2,1-2H3. The van der Waals surface area contributed by atoms with Crippen LogP contribution in [0.3, 0.4) is 0 Å². The van der Waals surface area contributed by atoms with Crippen molar-refractivity contribution in [1.82, 2.24) is 19.7 Å². The van der Waals surface area contributed by atoms with Gasteiger partial charge in [0, 0.05) is 11.8 Å². The Labute approximate surface area is 178 Å². The van der Waals surface area contributed by atoms with Crippen LogP contribution in [0.4, 0.5) is 11.5 Å². The number of azo groups is 1. The van der Waals surface area contributed by atoms with Crippen molar-refractivity contribution in [2.75, 3.05) is 18.1 Å². The number of hydrogen-bond acceptors (Lipinski definition) is 8. The van der Waals surface area contributed by atoms with Crippen LogP contribution in [0.2, 0.25) is 0 Å². The third kappa shape index (κ3) is 4.83. The molecule has 11 heteroatoms. The minimum atomic E-state index is -3.31. The Morgan fingerprint density at radius 3 is 2.68 bits per heavy atom. The predicted octanol–water partition coefficient (Wildman–Crippen LogP) is 3.48. The third-order valence-corrected chi connectivity index (χ3v) is 4.93. The normalized spacial score (nSPS) is 11.8. The van der Waals surface area contributed by atoms with E-state index in [9.17, 15) is 8.42 Å². The number of fused-ring (bicyclic) bond motifs is 1. The van der Waals surface area contributed by atoms with Crippen molar-refractivity contribution >= 4 is 32.6 Å². The van der Waals surface area contributed by atoms with Gasteiger partial charge in [0.05, 0.1) is 37.2 Å². The molecular weight excluding hydrogens is 418 g/mol. The number of rotatable bonds is 7. The van der Waals surface area contributed by atoms with Crippen LogP contribution in [-0.2, 0) is 16.6 Å². The molecule has 0 saturated heterocycles. The monoisotopic (exact) mass is 437 g/mol. The van der Waals surface area contributed by atoms with Crippen molar-refractivity contribution in [2.24, 2.45) is 10.2 Å². The Hall–Kier alpha value is -3.86. The molecule has 0 bridgehead atoms. The van der Waals surface area contributed by atoms with Gasteiger partial charge < -0.3 is 4.74 Å². The summed E-state index contributed by atoms with van der Waals surface area (Å²) in [5.74, 6) is 1.13. The molecule has 4 aromatic rings. The molecule has 10 nitrogen and oxygen atoms in total. The average molecular weight is 437 g/mol. The predicted molar refractivity (Wildman–Crippen MR) is 116 cm³/mol. The number of ether oxygens (including phenoxy) is 1. The first-order chi connectivity index (χ1) is 14.9. The zero-order valence-electron chi connectivity index (χ0n) is 16.8. The van der Waals surface area contributed by atoms with Crippen molar-refractivity contribution < 1.29 is 13.2 Å². The zero-order chi connectivity index (χ0) is 21.8. The molecule has 2 aromatic carbocycles. The van der Waals surface area contributed by atoms with E-state index in [0.29, 0.717) is 34.8 Å². The minimum Gasteiger partial charge on any atom is -0.497 e. The summed E-state index contributed by atoms with van der Waals surface area (Å²) in [4.78, 5) is 8.54. The number of anilines is 1. The molecule has 0 atom stereocenters. The van der Waals surface area contributed by atoms with E-state index >= 15 is 0 Å². The molecule has 0 unspecified atom stereocenters. The molecular formula is C20H19N7O3S. The fourth-order valence-corrected chi connectivity index (χ4v) is 3.48. The molecule has 4 rings (SSSR count). The first kappa shape index (κ1) is 20.4. The number of benzene rings is 2. The SMILES string of the molecule is COc1cccc(-n2ncc3c(N=NCc4ccc(NS(C)(=O)=O)cc4)ncnc32)c1. The highest BCUT2D eigenvalue weighted by molar-refractivity contribution is 7.92. The highest BCUT2D eigenvalue weighted by Crippen LogP contribution is 2.25. The van der Waals surface area contributed by atoms with Crippen LogP contribution >= 0.6 is 0 Å². The van der Waals surface area contributed by atoms with E-state index in [-0.39, 0.29) is 0 Å². The molecule has 2 aromatic heterocycles. The summed E-state index contributed by atoms with van der Waals surface area (Å²) in [6, 6.07) is 14.4. The Kier molecular flexibility index (Phi) is 5.58. The lowest BCUT2D eigenvalue weighted by Crippen LogP contribution is -2.09. The Morgan fingerprint density at radius 1 is 1.13 bits per heavy atom. The lowest BCUT2D eigenvalue weighted by atomic mass is 10.2. The molecule has 0 amide bonds. The highest BCUT2D eigenvalue weighted by atomic mass is 32.2. The van der Waals surface area contributed by atoms with Gasteiger partial charge in [-0.1, -0.05) is 18.2 Å². The first-order valence-electron chi connectivity index (χ1n) is 9.20. The smallest absolute Gasteiger partial charge is 0.229 e. The molecule has 0 aliphatic rings. The van der Waals surface area contributed by atoms with E-state index in [1.807, 2.05) is 24.3 Å². The topological polar surface area (TPSA) is 124 Å². The first-order valence-corrected chi connectivity index (χ1v) is 11.1. The quantitative estimate of drug-likeness (QED) is 0.442. The maximum absolute atomic E-state index is 11.3. The second-order valence-corrected chi connectivity index (χ2v) is 8.41. The Balaban J connectivity index is 1.54. The summed E-state index contributed by atoms with van der Waals surface area (Å²) < 4.78 is 31.9. The van der Waals surface area contributed by atoms with Gasteiger partial charge in [0.25, 0.3) is 0 Å². The van der Waals surface area contributed by atoms with E-state index in [2.05, 4.69) is 30.0 Å². The van der Waals surface area contributed by atoms with Crippen molar-refractivity contribution in [3.05, 3.63) is 66.6 Å². The molecule has 0 fully saturated rings. The summed E-state index contributed by atoms with van der Waals surface area (Å²) >= 11 is 0. The van der Waals surface area contributed by atoms with Crippen LogP contribution in [0, 0.1) is 0 Å². The van der Waals surface area contributed by atoms with Crippen LogP contribution in [0.5, 0.6) is 5.75 Å². The average Bonchev–Trinajstić information content (AvgIpc) is 3.19. The summed E-state index contributed by atoms with van der Waals surface area (Å²) in [6.45, 7) is 0.314. The Bertz CT molecular complexity index is 1350. The van der Waals surface area contributed by atoms with E-state index in [1.165, 1.54) is 6.33 Å². The molecule has 2 heterocycles. The maximum Gasteiger partial charge on any atom is 0.229 e.